The molecular formula is C15H16FN3O. The van der Waals surface area contributed by atoms with Gasteiger partial charge in [-0.15, -0.1) is 0 Å². The molecule has 1 heterocycles. The fraction of sp³-hybridized carbons (Fsp3) is 0.200. The number of hydrogen-bond acceptors (Lipinski definition) is 3. The maximum absolute atomic E-state index is 13.0. The van der Waals surface area contributed by atoms with E-state index in [0.717, 1.165) is 11.1 Å². The molecule has 2 rings (SSSR count). The number of pyridine rings is 1. The van der Waals surface area contributed by atoms with Crippen LogP contribution in [0, 0.1) is 12.7 Å². The third-order valence-corrected chi connectivity index (χ3v) is 2.85. The topological polar surface area (TPSA) is 54.0 Å². The fourth-order valence-electron chi connectivity index (χ4n) is 1.78. The summed E-state index contributed by atoms with van der Waals surface area (Å²) >= 11 is 0. The summed E-state index contributed by atoms with van der Waals surface area (Å²) in [7, 11) is 0. The Morgan fingerprint density at radius 3 is 2.95 bits per heavy atom. The van der Waals surface area contributed by atoms with E-state index in [1.807, 2.05) is 13.0 Å². The number of nitrogens with zero attached hydrogens (tertiary/aromatic N) is 1. The molecule has 1 aromatic heterocycles. The predicted molar refractivity (Wildman–Crippen MR) is 75.7 cm³/mol. The molecule has 1 aromatic carbocycles. The van der Waals surface area contributed by atoms with Gasteiger partial charge in [0.2, 0.25) is 5.91 Å². The van der Waals surface area contributed by atoms with Crippen molar-refractivity contribution >= 4 is 11.6 Å². The minimum absolute atomic E-state index is 0.165. The molecule has 5 heteroatoms. The van der Waals surface area contributed by atoms with E-state index in [2.05, 4.69) is 15.6 Å². The van der Waals surface area contributed by atoms with Gasteiger partial charge in [0, 0.05) is 24.6 Å². The average molecular weight is 273 g/mol. The van der Waals surface area contributed by atoms with Crippen molar-refractivity contribution in [1.82, 2.24) is 10.3 Å². The molecule has 0 fully saturated rings. The van der Waals surface area contributed by atoms with Gasteiger partial charge in [-0.25, -0.2) is 4.39 Å². The highest BCUT2D eigenvalue weighted by atomic mass is 19.1. The predicted octanol–water partition coefficient (Wildman–Crippen LogP) is 2.26. The average Bonchev–Trinajstić information content (AvgIpc) is 2.41. The number of aromatic nitrogens is 1. The van der Waals surface area contributed by atoms with Gasteiger partial charge in [0.25, 0.3) is 0 Å². The summed E-state index contributed by atoms with van der Waals surface area (Å²) in [6.07, 6.45) is 3.50. The van der Waals surface area contributed by atoms with Crippen LogP contribution in [0.2, 0.25) is 0 Å². The summed E-state index contributed by atoms with van der Waals surface area (Å²) < 4.78 is 13.0. The van der Waals surface area contributed by atoms with Crippen LogP contribution in [-0.2, 0) is 11.3 Å². The van der Waals surface area contributed by atoms with Crippen LogP contribution in [0.15, 0.2) is 42.7 Å². The van der Waals surface area contributed by atoms with Crippen molar-refractivity contribution in [1.29, 1.82) is 0 Å². The molecule has 0 saturated heterocycles. The first kappa shape index (κ1) is 14.1. The van der Waals surface area contributed by atoms with Crippen molar-refractivity contribution in [3.8, 4) is 0 Å². The number of benzene rings is 1. The summed E-state index contributed by atoms with van der Waals surface area (Å²) in [4.78, 5) is 15.7. The van der Waals surface area contributed by atoms with E-state index < -0.39 is 0 Å². The lowest BCUT2D eigenvalue weighted by Gasteiger charge is -2.08. The molecular weight excluding hydrogens is 257 g/mol. The smallest absolute Gasteiger partial charge is 0.238 e. The van der Waals surface area contributed by atoms with Crippen LogP contribution in [-0.4, -0.2) is 17.4 Å². The number of anilines is 1. The zero-order valence-electron chi connectivity index (χ0n) is 11.2. The number of halogens is 1. The molecule has 2 aromatic rings. The first-order valence-corrected chi connectivity index (χ1v) is 6.31. The Balaban J connectivity index is 1.80. The maximum atomic E-state index is 13.0. The number of rotatable bonds is 5. The summed E-state index contributed by atoms with van der Waals surface area (Å²) in [6.45, 7) is 2.72. The third-order valence-electron chi connectivity index (χ3n) is 2.85. The molecule has 0 spiro atoms. The molecule has 1 amide bonds. The van der Waals surface area contributed by atoms with Gasteiger partial charge in [0.15, 0.2) is 0 Å². The van der Waals surface area contributed by atoms with Crippen molar-refractivity contribution < 1.29 is 9.18 Å². The summed E-state index contributed by atoms with van der Waals surface area (Å²) in [6, 6.07) is 7.73. The third kappa shape index (κ3) is 4.13. The van der Waals surface area contributed by atoms with E-state index in [1.165, 1.54) is 12.1 Å². The number of amides is 1. The Morgan fingerprint density at radius 2 is 2.20 bits per heavy atom. The van der Waals surface area contributed by atoms with E-state index in [-0.39, 0.29) is 18.3 Å². The van der Waals surface area contributed by atoms with Crippen molar-refractivity contribution in [2.45, 2.75) is 13.5 Å². The number of carbonyl (C=O) groups excluding carboxylic acids is 1. The van der Waals surface area contributed by atoms with Gasteiger partial charge in [-0.2, -0.15) is 0 Å². The second-order valence-electron chi connectivity index (χ2n) is 4.46. The van der Waals surface area contributed by atoms with Crippen molar-refractivity contribution in [3.63, 3.8) is 0 Å². The van der Waals surface area contributed by atoms with E-state index >= 15 is 0 Å². The van der Waals surface area contributed by atoms with Gasteiger partial charge >= 0.3 is 0 Å². The number of nitrogens with one attached hydrogen (secondary N) is 2. The normalized spacial score (nSPS) is 10.3. The zero-order chi connectivity index (χ0) is 14.4. The second kappa shape index (κ2) is 6.77. The first-order chi connectivity index (χ1) is 9.65. The highest BCUT2D eigenvalue weighted by Gasteiger charge is 2.03. The number of aryl methyl sites for hydroxylation is 1. The van der Waals surface area contributed by atoms with Crippen LogP contribution in [0.1, 0.15) is 11.1 Å². The minimum Gasteiger partial charge on any atom is -0.325 e. The molecule has 20 heavy (non-hydrogen) atoms. The van der Waals surface area contributed by atoms with Crippen LogP contribution in [0.3, 0.4) is 0 Å². The summed E-state index contributed by atoms with van der Waals surface area (Å²) in [5.41, 5.74) is 2.63. The fourth-order valence-corrected chi connectivity index (χ4v) is 1.78. The number of hydrogen-bond donors (Lipinski definition) is 2. The van der Waals surface area contributed by atoms with Crippen molar-refractivity contribution in [3.05, 3.63) is 59.7 Å². The van der Waals surface area contributed by atoms with Crippen LogP contribution < -0.4 is 10.6 Å². The molecule has 0 aliphatic carbocycles. The lowest BCUT2D eigenvalue weighted by atomic mass is 10.1. The van der Waals surface area contributed by atoms with Crippen LogP contribution in [0.25, 0.3) is 0 Å². The second-order valence-corrected chi connectivity index (χ2v) is 4.46. The monoisotopic (exact) mass is 273 g/mol. The SMILES string of the molecule is Cc1cnccc1CNCC(=O)Nc1cccc(F)c1. The Kier molecular flexibility index (Phi) is 4.79. The first-order valence-electron chi connectivity index (χ1n) is 6.31. The van der Waals surface area contributed by atoms with Crippen LogP contribution >= 0.6 is 0 Å². The molecule has 0 radical (unpaired) electrons. The molecule has 0 bridgehead atoms. The molecule has 104 valence electrons. The quantitative estimate of drug-likeness (QED) is 0.878. The molecule has 0 aliphatic rings. The maximum Gasteiger partial charge on any atom is 0.238 e. The standard InChI is InChI=1S/C15H16FN3O/c1-11-8-17-6-5-12(11)9-18-10-15(20)19-14-4-2-3-13(16)7-14/h2-8,18H,9-10H2,1H3,(H,19,20). The Labute approximate surface area is 117 Å². The van der Waals surface area contributed by atoms with E-state index in [4.69, 9.17) is 0 Å². The van der Waals surface area contributed by atoms with E-state index in [1.54, 1.807) is 24.5 Å². The van der Waals surface area contributed by atoms with E-state index in [0.29, 0.717) is 12.2 Å². The Bertz CT molecular complexity index is 601. The molecule has 0 atom stereocenters. The largest absolute Gasteiger partial charge is 0.325 e. The Morgan fingerprint density at radius 1 is 1.35 bits per heavy atom. The lowest BCUT2D eigenvalue weighted by Crippen LogP contribution is -2.28. The van der Waals surface area contributed by atoms with Gasteiger partial charge in [-0.05, 0) is 42.3 Å². The van der Waals surface area contributed by atoms with Gasteiger partial charge < -0.3 is 10.6 Å². The highest BCUT2D eigenvalue weighted by molar-refractivity contribution is 5.92. The molecule has 0 aliphatic heterocycles. The van der Waals surface area contributed by atoms with Gasteiger partial charge in [0.1, 0.15) is 5.82 Å². The van der Waals surface area contributed by atoms with Crippen LogP contribution in [0.4, 0.5) is 10.1 Å². The molecule has 0 unspecified atom stereocenters. The molecule has 0 saturated carbocycles. The minimum atomic E-state index is -0.372. The number of carbonyl (C=O) groups is 1. The van der Waals surface area contributed by atoms with Gasteiger partial charge in [0.05, 0.1) is 6.54 Å². The van der Waals surface area contributed by atoms with Gasteiger partial charge in [-0.3, -0.25) is 9.78 Å². The zero-order valence-corrected chi connectivity index (χ0v) is 11.2. The van der Waals surface area contributed by atoms with Gasteiger partial charge in [-0.1, -0.05) is 6.07 Å². The summed E-state index contributed by atoms with van der Waals surface area (Å²) in [5, 5.41) is 5.67. The van der Waals surface area contributed by atoms with E-state index in [9.17, 15) is 9.18 Å². The van der Waals surface area contributed by atoms with Crippen molar-refractivity contribution in [2.75, 3.05) is 11.9 Å². The highest BCUT2D eigenvalue weighted by Crippen LogP contribution is 2.08. The molecule has 2 N–H and O–H groups in total. The molecule has 4 nitrogen and oxygen atoms in total. The summed E-state index contributed by atoms with van der Waals surface area (Å²) in [5.74, 6) is -0.578. The van der Waals surface area contributed by atoms with Crippen LogP contribution in [0.5, 0.6) is 0 Å². The van der Waals surface area contributed by atoms with Crippen molar-refractivity contribution in [2.24, 2.45) is 0 Å². The lowest BCUT2D eigenvalue weighted by molar-refractivity contribution is -0.115. The Hall–Kier alpha value is -2.27.